The number of allylic oxidation sites excluding steroid dienone is 2. The maximum atomic E-state index is 10.3. The van der Waals surface area contributed by atoms with E-state index in [1.54, 1.807) is 16.7 Å². The zero-order valence-corrected chi connectivity index (χ0v) is 20.9. The van der Waals surface area contributed by atoms with Gasteiger partial charge in [-0.3, -0.25) is 4.57 Å². The van der Waals surface area contributed by atoms with Gasteiger partial charge in [-0.2, -0.15) is 0 Å². The Balaban J connectivity index is 2.33. The Morgan fingerprint density at radius 2 is 1.13 bits per heavy atom. The van der Waals surface area contributed by atoms with Crippen molar-refractivity contribution in [1.82, 2.24) is 4.57 Å². The van der Waals surface area contributed by atoms with Gasteiger partial charge in [0, 0.05) is 12.1 Å². The Hall–Kier alpha value is -1.38. The van der Waals surface area contributed by atoms with E-state index in [-0.39, 0.29) is 17.8 Å². The average Bonchev–Trinajstić information content (AvgIpc) is 3.09. The summed E-state index contributed by atoms with van der Waals surface area (Å²) < 4.78 is 1.70. The number of aromatic hydroxyl groups is 2. The fraction of sp³-hybridized carbons (Fsp3) is 0.786. The first-order chi connectivity index (χ1) is 15.1. The molecule has 1 aromatic heterocycles. The third kappa shape index (κ3) is 12.3. The summed E-state index contributed by atoms with van der Waals surface area (Å²) in [6, 6.07) is 3.25. The van der Waals surface area contributed by atoms with E-state index < -0.39 is 0 Å². The first-order valence-corrected chi connectivity index (χ1v) is 13.4. The molecule has 0 saturated heterocycles. The van der Waals surface area contributed by atoms with E-state index in [1.807, 2.05) is 0 Å². The summed E-state index contributed by atoms with van der Waals surface area (Å²) >= 11 is 0. The number of hydrogen-bond donors (Lipinski definition) is 2. The minimum atomic E-state index is 0.0595. The van der Waals surface area contributed by atoms with Crippen LogP contribution in [0.1, 0.15) is 142 Å². The third-order valence-corrected chi connectivity index (χ3v) is 6.57. The lowest BCUT2D eigenvalue weighted by Crippen LogP contribution is -2.10. The molecule has 0 aliphatic rings. The van der Waals surface area contributed by atoms with E-state index in [0.717, 1.165) is 19.3 Å². The summed E-state index contributed by atoms with van der Waals surface area (Å²) in [5, 5.41) is 20.5. The monoisotopic (exact) mass is 433 g/mol. The molecule has 0 aliphatic heterocycles. The van der Waals surface area contributed by atoms with Crippen molar-refractivity contribution in [3.8, 4) is 11.8 Å². The van der Waals surface area contributed by atoms with Gasteiger partial charge >= 0.3 is 0 Å². The first kappa shape index (κ1) is 27.7. The molecular weight excluding hydrogens is 382 g/mol. The Bertz CT molecular complexity index is 556. The minimum absolute atomic E-state index is 0.0595. The molecule has 2 N–H and O–H groups in total. The summed E-state index contributed by atoms with van der Waals surface area (Å²) in [4.78, 5) is 0. The van der Waals surface area contributed by atoms with Crippen LogP contribution in [-0.2, 0) is 0 Å². The van der Waals surface area contributed by atoms with Gasteiger partial charge < -0.3 is 10.2 Å². The molecule has 1 aromatic rings. The molecule has 0 aliphatic carbocycles. The van der Waals surface area contributed by atoms with Crippen molar-refractivity contribution >= 4 is 0 Å². The van der Waals surface area contributed by atoms with Crippen LogP contribution >= 0.6 is 0 Å². The Kier molecular flexibility index (Phi) is 16.3. The van der Waals surface area contributed by atoms with Crippen molar-refractivity contribution in [3.63, 3.8) is 0 Å². The number of rotatable bonds is 20. The van der Waals surface area contributed by atoms with Crippen molar-refractivity contribution < 1.29 is 10.2 Å². The van der Waals surface area contributed by atoms with E-state index in [2.05, 4.69) is 26.8 Å². The smallest absolute Gasteiger partial charge is 0.194 e. The van der Waals surface area contributed by atoms with Crippen LogP contribution in [0, 0.1) is 0 Å². The van der Waals surface area contributed by atoms with Crippen LogP contribution in [0.25, 0.3) is 0 Å². The van der Waals surface area contributed by atoms with E-state index in [1.165, 1.54) is 102 Å². The van der Waals surface area contributed by atoms with Crippen LogP contribution in [0.3, 0.4) is 0 Å². The number of unbranched alkanes of at least 4 members (excludes halogenated alkanes) is 15. The van der Waals surface area contributed by atoms with E-state index in [0.29, 0.717) is 0 Å². The Morgan fingerprint density at radius 1 is 0.710 bits per heavy atom. The van der Waals surface area contributed by atoms with Gasteiger partial charge in [-0.1, -0.05) is 122 Å². The fourth-order valence-electron chi connectivity index (χ4n) is 4.52. The summed E-state index contributed by atoms with van der Waals surface area (Å²) in [5.74, 6) is 0.334. The SMILES string of the molecule is CCCCCCC=C(C)C(CCCCCCCCCCCCCC)n1c(O)ccc1O. The second-order valence-electron chi connectivity index (χ2n) is 9.41. The van der Waals surface area contributed by atoms with Crippen LogP contribution in [0.5, 0.6) is 11.8 Å². The topological polar surface area (TPSA) is 45.4 Å². The normalized spacial score (nSPS) is 13.1. The van der Waals surface area contributed by atoms with Crippen molar-refractivity contribution in [3.05, 3.63) is 23.8 Å². The molecule has 0 bridgehead atoms. The van der Waals surface area contributed by atoms with Gasteiger partial charge in [-0.25, -0.2) is 0 Å². The molecule has 180 valence electrons. The molecular formula is C28H51NO2. The summed E-state index contributed by atoms with van der Waals surface area (Å²) in [7, 11) is 0. The zero-order chi connectivity index (χ0) is 22.7. The number of nitrogens with zero attached hydrogens (tertiary/aromatic N) is 1. The summed E-state index contributed by atoms with van der Waals surface area (Å²) in [6.45, 7) is 6.67. The minimum Gasteiger partial charge on any atom is -0.494 e. The maximum Gasteiger partial charge on any atom is 0.194 e. The quantitative estimate of drug-likeness (QED) is 0.159. The largest absolute Gasteiger partial charge is 0.494 e. The highest BCUT2D eigenvalue weighted by Gasteiger charge is 2.19. The molecule has 0 fully saturated rings. The van der Waals surface area contributed by atoms with Crippen LogP contribution in [0.2, 0.25) is 0 Å². The van der Waals surface area contributed by atoms with Gasteiger partial charge in [0.25, 0.3) is 0 Å². The highest BCUT2D eigenvalue weighted by Crippen LogP contribution is 2.34. The lowest BCUT2D eigenvalue weighted by atomic mass is 9.98. The predicted molar refractivity (Wildman–Crippen MR) is 135 cm³/mol. The molecule has 0 amide bonds. The summed E-state index contributed by atoms with van der Waals surface area (Å²) in [6.07, 6.45) is 25.6. The van der Waals surface area contributed by atoms with Crippen LogP contribution in [0.4, 0.5) is 0 Å². The average molecular weight is 434 g/mol. The molecule has 31 heavy (non-hydrogen) atoms. The van der Waals surface area contributed by atoms with Crippen LogP contribution in [0.15, 0.2) is 23.8 Å². The van der Waals surface area contributed by atoms with Gasteiger partial charge in [0.1, 0.15) is 0 Å². The third-order valence-electron chi connectivity index (χ3n) is 6.57. The van der Waals surface area contributed by atoms with Crippen LogP contribution in [-0.4, -0.2) is 14.8 Å². The zero-order valence-electron chi connectivity index (χ0n) is 20.9. The van der Waals surface area contributed by atoms with Crippen molar-refractivity contribution in [2.24, 2.45) is 0 Å². The number of aromatic nitrogens is 1. The van der Waals surface area contributed by atoms with Gasteiger partial charge in [-0.15, -0.1) is 0 Å². The van der Waals surface area contributed by atoms with Gasteiger partial charge in [0.2, 0.25) is 0 Å². The molecule has 0 aromatic carbocycles. The molecule has 0 saturated carbocycles. The van der Waals surface area contributed by atoms with Gasteiger partial charge in [-0.05, 0) is 26.2 Å². The van der Waals surface area contributed by atoms with Gasteiger partial charge in [0.05, 0.1) is 6.04 Å². The van der Waals surface area contributed by atoms with Crippen molar-refractivity contribution in [1.29, 1.82) is 0 Å². The van der Waals surface area contributed by atoms with Crippen LogP contribution < -0.4 is 0 Å². The molecule has 1 atom stereocenters. The molecule has 3 heteroatoms. The molecule has 3 nitrogen and oxygen atoms in total. The predicted octanol–water partition coefficient (Wildman–Crippen LogP) is 9.45. The van der Waals surface area contributed by atoms with Crippen molar-refractivity contribution in [2.75, 3.05) is 0 Å². The second kappa shape index (κ2) is 18.2. The molecule has 1 unspecified atom stereocenters. The number of hydrogen-bond acceptors (Lipinski definition) is 2. The lowest BCUT2D eigenvalue weighted by molar-refractivity contribution is 0.336. The van der Waals surface area contributed by atoms with E-state index in [4.69, 9.17) is 0 Å². The molecule has 0 spiro atoms. The first-order valence-electron chi connectivity index (χ1n) is 13.4. The highest BCUT2D eigenvalue weighted by atomic mass is 16.3. The highest BCUT2D eigenvalue weighted by molar-refractivity contribution is 5.28. The lowest BCUT2D eigenvalue weighted by Gasteiger charge is -2.22. The van der Waals surface area contributed by atoms with E-state index >= 15 is 0 Å². The Morgan fingerprint density at radius 3 is 1.61 bits per heavy atom. The molecule has 1 heterocycles. The standard InChI is InChI=1S/C28H51NO2/c1-4-6-8-10-11-12-13-14-15-16-18-20-22-26(29-27(30)23-24-28(29)31)25(3)21-19-17-9-7-5-2/h21,23-24,26,30-31H,4-20,22H2,1-3H3. The second-order valence-corrected chi connectivity index (χ2v) is 9.41. The van der Waals surface area contributed by atoms with E-state index in [9.17, 15) is 10.2 Å². The fourth-order valence-corrected chi connectivity index (χ4v) is 4.52. The Labute approximate surface area is 193 Å². The maximum absolute atomic E-state index is 10.3. The van der Waals surface area contributed by atoms with Gasteiger partial charge in [0.15, 0.2) is 11.8 Å². The van der Waals surface area contributed by atoms with Crippen molar-refractivity contribution in [2.45, 2.75) is 142 Å². The molecule has 1 rings (SSSR count). The summed E-state index contributed by atoms with van der Waals surface area (Å²) in [5.41, 5.74) is 1.27. The molecule has 0 radical (unpaired) electrons.